The molecule has 1 saturated carbocycles. The van der Waals surface area contributed by atoms with Gasteiger partial charge < -0.3 is 9.47 Å². The molecule has 2 aliphatic rings. The van der Waals surface area contributed by atoms with E-state index in [1.165, 1.54) is 43.5 Å². The first-order valence-electron chi connectivity index (χ1n) is 12.8. The minimum atomic E-state index is -1.26. The number of halogens is 4. The Morgan fingerprint density at radius 3 is 2.20 bits per heavy atom. The molecule has 0 spiro atoms. The summed E-state index contributed by atoms with van der Waals surface area (Å²) in [5.74, 6) is -3.90. The van der Waals surface area contributed by atoms with Gasteiger partial charge in [0.1, 0.15) is 0 Å². The lowest BCUT2D eigenvalue weighted by Gasteiger charge is -2.38. The smallest absolute Gasteiger partial charge is 0.201 e. The van der Waals surface area contributed by atoms with Crippen molar-refractivity contribution in [3.05, 3.63) is 65.8 Å². The van der Waals surface area contributed by atoms with Crippen LogP contribution in [0.4, 0.5) is 17.6 Å². The van der Waals surface area contributed by atoms with Crippen LogP contribution in [0.3, 0.4) is 0 Å². The van der Waals surface area contributed by atoms with Gasteiger partial charge in [-0.2, -0.15) is 4.39 Å². The number of hydrogen-bond donors (Lipinski definition) is 0. The first-order valence-corrected chi connectivity index (χ1v) is 12.8. The van der Waals surface area contributed by atoms with Gasteiger partial charge in [0.25, 0.3) is 0 Å². The first-order chi connectivity index (χ1) is 16.9. The van der Waals surface area contributed by atoms with Crippen molar-refractivity contribution < 1.29 is 27.0 Å². The predicted molar refractivity (Wildman–Crippen MR) is 129 cm³/mol. The molecule has 2 aromatic carbocycles. The van der Waals surface area contributed by atoms with Gasteiger partial charge >= 0.3 is 0 Å². The molecule has 0 amide bonds. The van der Waals surface area contributed by atoms with Gasteiger partial charge in [-0.05, 0) is 75.0 Å². The molecule has 2 unspecified atom stereocenters. The van der Waals surface area contributed by atoms with E-state index < -0.39 is 23.3 Å². The summed E-state index contributed by atoms with van der Waals surface area (Å²) in [6.45, 7) is 5.95. The molecule has 1 heterocycles. The van der Waals surface area contributed by atoms with E-state index >= 15 is 8.78 Å². The Balaban J connectivity index is 1.41. The summed E-state index contributed by atoms with van der Waals surface area (Å²) in [5.41, 5.74) is -0.421. The molecule has 6 heteroatoms. The van der Waals surface area contributed by atoms with Gasteiger partial charge in [-0.1, -0.05) is 31.1 Å². The van der Waals surface area contributed by atoms with Crippen molar-refractivity contribution in [2.75, 3.05) is 13.2 Å². The fourth-order valence-corrected chi connectivity index (χ4v) is 5.69. The summed E-state index contributed by atoms with van der Waals surface area (Å²) in [4.78, 5) is 0. The Morgan fingerprint density at radius 1 is 0.886 bits per heavy atom. The van der Waals surface area contributed by atoms with Gasteiger partial charge in [0.2, 0.25) is 5.82 Å². The molecule has 2 atom stereocenters. The quantitative estimate of drug-likeness (QED) is 0.273. The summed E-state index contributed by atoms with van der Waals surface area (Å²) in [7, 11) is 0. The Labute approximate surface area is 205 Å². The highest BCUT2D eigenvalue weighted by Gasteiger charge is 2.33. The van der Waals surface area contributed by atoms with Crippen LogP contribution in [0.5, 0.6) is 5.75 Å². The third kappa shape index (κ3) is 5.58. The summed E-state index contributed by atoms with van der Waals surface area (Å²) < 4.78 is 70.1. The Kier molecular flexibility index (Phi) is 8.53. The zero-order valence-corrected chi connectivity index (χ0v) is 20.3. The van der Waals surface area contributed by atoms with Crippen LogP contribution in [0, 0.1) is 35.1 Å². The monoisotopic (exact) mass is 490 g/mol. The van der Waals surface area contributed by atoms with E-state index in [-0.39, 0.29) is 41.1 Å². The average Bonchev–Trinajstić information content (AvgIpc) is 2.88. The summed E-state index contributed by atoms with van der Waals surface area (Å²) in [6.07, 6.45) is 10.7. The van der Waals surface area contributed by atoms with Gasteiger partial charge in [0, 0.05) is 17.0 Å². The minimum absolute atomic E-state index is 0.161. The van der Waals surface area contributed by atoms with E-state index in [1.54, 1.807) is 6.92 Å². The standard InChI is InChI=1S/C29H34F4O2/c1-3-5-6-18-7-9-19(10-8-18)24-15-11-20(17-35-24)21-12-13-22(27(31)26(21)30)23-14-16-25(34-4-2)29(33)28(23)32/h3,12-14,16,18-20,24H,1,4-11,15,17H2,2H3. The van der Waals surface area contributed by atoms with Crippen LogP contribution in [-0.4, -0.2) is 19.3 Å². The summed E-state index contributed by atoms with van der Waals surface area (Å²) >= 11 is 0. The molecule has 2 aromatic rings. The second kappa shape index (κ2) is 11.6. The van der Waals surface area contributed by atoms with E-state index in [0.29, 0.717) is 18.9 Å². The molecule has 0 aromatic heterocycles. The third-order valence-electron chi connectivity index (χ3n) is 7.70. The van der Waals surface area contributed by atoms with E-state index in [2.05, 4.69) is 6.58 Å². The molecule has 4 rings (SSSR count). The lowest BCUT2D eigenvalue weighted by Crippen LogP contribution is -2.33. The lowest BCUT2D eigenvalue weighted by molar-refractivity contribution is -0.0440. The van der Waals surface area contributed by atoms with Crippen LogP contribution in [-0.2, 0) is 4.74 Å². The molecule has 35 heavy (non-hydrogen) atoms. The van der Waals surface area contributed by atoms with Crippen molar-refractivity contribution in [1.82, 2.24) is 0 Å². The molecule has 0 radical (unpaired) electrons. The van der Waals surface area contributed by atoms with Gasteiger partial charge in [-0.15, -0.1) is 6.58 Å². The van der Waals surface area contributed by atoms with Crippen molar-refractivity contribution in [2.45, 2.75) is 70.3 Å². The van der Waals surface area contributed by atoms with Gasteiger partial charge in [0.15, 0.2) is 23.2 Å². The van der Waals surface area contributed by atoms with Crippen LogP contribution in [0.2, 0.25) is 0 Å². The number of ether oxygens (including phenoxy) is 2. The summed E-state index contributed by atoms with van der Waals surface area (Å²) in [6, 6.07) is 5.23. The van der Waals surface area contributed by atoms with Crippen molar-refractivity contribution in [3.63, 3.8) is 0 Å². The molecule has 0 N–H and O–H groups in total. The highest BCUT2D eigenvalue weighted by atomic mass is 19.2. The van der Waals surface area contributed by atoms with Gasteiger partial charge in [-0.25, -0.2) is 13.2 Å². The SMILES string of the molecule is C=CCCC1CCC(C2CCC(c3ccc(-c4ccc(OCC)c(F)c4F)c(F)c3F)CO2)CC1. The molecule has 190 valence electrons. The second-order valence-electron chi connectivity index (χ2n) is 9.80. The van der Waals surface area contributed by atoms with Crippen LogP contribution < -0.4 is 4.74 Å². The molecule has 2 fully saturated rings. The zero-order chi connectivity index (χ0) is 24.9. The van der Waals surface area contributed by atoms with Crippen LogP contribution in [0.15, 0.2) is 36.9 Å². The summed E-state index contributed by atoms with van der Waals surface area (Å²) in [5, 5.41) is 0. The first kappa shape index (κ1) is 25.7. The van der Waals surface area contributed by atoms with Crippen molar-refractivity contribution >= 4 is 0 Å². The highest BCUT2D eigenvalue weighted by molar-refractivity contribution is 5.66. The van der Waals surface area contributed by atoms with Crippen LogP contribution in [0.25, 0.3) is 11.1 Å². The highest BCUT2D eigenvalue weighted by Crippen LogP contribution is 2.41. The molecular formula is C29H34F4O2. The maximum absolute atomic E-state index is 15.1. The maximum Gasteiger partial charge on any atom is 0.201 e. The van der Waals surface area contributed by atoms with Gasteiger partial charge in [0.05, 0.1) is 19.3 Å². The largest absolute Gasteiger partial charge is 0.491 e. The predicted octanol–water partition coefficient (Wildman–Crippen LogP) is 8.34. The number of hydrogen-bond acceptors (Lipinski definition) is 2. The zero-order valence-electron chi connectivity index (χ0n) is 20.3. The Bertz CT molecular complexity index is 1020. The number of rotatable bonds is 8. The van der Waals surface area contributed by atoms with Crippen molar-refractivity contribution in [2.24, 2.45) is 11.8 Å². The molecule has 2 nitrogen and oxygen atoms in total. The van der Waals surface area contributed by atoms with Crippen molar-refractivity contribution in [1.29, 1.82) is 0 Å². The molecular weight excluding hydrogens is 456 g/mol. The normalized spacial score (nSPS) is 24.8. The maximum atomic E-state index is 15.1. The molecule has 1 aliphatic carbocycles. The molecule has 1 aliphatic heterocycles. The number of benzene rings is 2. The minimum Gasteiger partial charge on any atom is -0.491 e. The van der Waals surface area contributed by atoms with E-state index in [4.69, 9.17) is 9.47 Å². The fraction of sp³-hybridized carbons (Fsp3) is 0.517. The number of allylic oxidation sites excluding steroid dienone is 1. The average molecular weight is 491 g/mol. The van der Waals surface area contributed by atoms with E-state index in [1.807, 2.05) is 6.08 Å². The Hall–Kier alpha value is -2.34. The fourth-order valence-electron chi connectivity index (χ4n) is 5.69. The van der Waals surface area contributed by atoms with E-state index in [9.17, 15) is 8.78 Å². The van der Waals surface area contributed by atoms with Crippen LogP contribution >= 0.6 is 0 Å². The lowest BCUT2D eigenvalue weighted by atomic mass is 9.75. The van der Waals surface area contributed by atoms with Crippen LogP contribution in [0.1, 0.15) is 69.8 Å². The molecule has 1 saturated heterocycles. The van der Waals surface area contributed by atoms with E-state index in [0.717, 1.165) is 31.6 Å². The second-order valence-corrected chi connectivity index (χ2v) is 9.80. The topological polar surface area (TPSA) is 18.5 Å². The third-order valence-corrected chi connectivity index (χ3v) is 7.70. The van der Waals surface area contributed by atoms with Crippen molar-refractivity contribution in [3.8, 4) is 16.9 Å². The molecule has 0 bridgehead atoms. The van der Waals surface area contributed by atoms with Gasteiger partial charge in [-0.3, -0.25) is 0 Å². The Morgan fingerprint density at radius 2 is 1.57 bits per heavy atom.